The van der Waals surface area contributed by atoms with Crippen molar-refractivity contribution in [3.8, 4) is 0 Å². The quantitative estimate of drug-likeness (QED) is 0.578. The molecule has 0 radical (unpaired) electrons. The molecule has 130 valence electrons. The normalized spacial score (nSPS) is 19.6. The van der Waals surface area contributed by atoms with Gasteiger partial charge < -0.3 is 10.4 Å². The van der Waals surface area contributed by atoms with Gasteiger partial charge in [0, 0.05) is 29.3 Å². The van der Waals surface area contributed by atoms with E-state index in [1.54, 1.807) is 6.92 Å². The number of nitro benzene ring substituents is 1. The van der Waals surface area contributed by atoms with Crippen molar-refractivity contribution in [2.75, 3.05) is 13.1 Å². The number of hydrogen-bond donors (Lipinski definition) is 2. The first kappa shape index (κ1) is 17.9. The Labute approximate surface area is 139 Å². The number of aliphatic carboxylic acids is 1. The summed E-state index contributed by atoms with van der Waals surface area (Å²) in [5.74, 6) is -1.12. The minimum absolute atomic E-state index is 0.000781. The van der Waals surface area contributed by atoms with Gasteiger partial charge in [0.15, 0.2) is 0 Å². The molecule has 24 heavy (non-hydrogen) atoms. The van der Waals surface area contributed by atoms with Gasteiger partial charge in [0.05, 0.1) is 11.5 Å². The van der Waals surface area contributed by atoms with Gasteiger partial charge in [-0.1, -0.05) is 6.92 Å². The topological polar surface area (TPSA) is 113 Å². The van der Waals surface area contributed by atoms with Gasteiger partial charge in [-0.05, 0) is 38.4 Å². The molecule has 1 aromatic rings. The van der Waals surface area contributed by atoms with E-state index in [9.17, 15) is 19.7 Å². The summed E-state index contributed by atoms with van der Waals surface area (Å²) in [6, 6.07) is 4.45. The van der Waals surface area contributed by atoms with Gasteiger partial charge in [0.25, 0.3) is 11.6 Å². The number of carboxylic acid groups (broad SMARTS) is 1. The van der Waals surface area contributed by atoms with E-state index in [1.807, 2.05) is 11.8 Å². The molecule has 8 heteroatoms. The number of carbonyl (C=O) groups excluding carboxylic acids is 1. The zero-order chi connectivity index (χ0) is 17.9. The molecule has 1 amide bonds. The Balaban J connectivity index is 1.90. The summed E-state index contributed by atoms with van der Waals surface area (Å²) < 4.78 is 0. The summed E-state index contributed by atoms with van der Waals surface area (Å²) in [7, 11) is 0. The van der Waals surface area contributed by atoms with Gasteiger partial charge in [-0.25, -0.2) is 0 Å². The van der Waals surface area contributed by atoms with Gasteiger partial charge >= 0.3 is 5.97 Å². The lowest BCUT2D eigenvalue weighted by Gasteiger charge is -2.42. The van der Waals surface area contributed by atoms with Crippen molar-refractivity contribution in [1.82, 2.24) is 10.2 Å². The lowest BCUT2D eigenvalue weighted by atomic mass is 9.85. The number of nitrogens with zero attached hydrogens (tertiary/aromatic N) is 2. The highest BCUT2D eigenvalue weighted by Gasteiger charge is 2.34. The standard InChI is InChI=1S/C16H21N3O5/c1-3-18(9-15(20)21)13-7-12(8-13)17-16(22)11-4-5-14(19(23)24)10(2)6-11/h4-6,12-13H,3,7-9H2,1-2H3,(H,17,22)(H,20,21). The Morgan fingerprint density at radius 1 is 1.42 bits per heavy atom. The van der Waals surface area contributed by atoms with E-state index in [1.165, 1.54) is 18.2 Å². The van der Waals surface area contributed by atoms with Crippen molar-refractivity contribution in [3.05, 3.63) is 39.4 Å². The summed E-state index contributed by atoms with van der Waals surface area (Å²) in [5, 5.41) is 22.6. The van der Waals surface area contributed by atoms with Crippen LogP contribution in [0, 0.1) is 17.0 Å². The van der Waals surface area contributed by atoms with Crippen LogP contribution in [0.15, 0.2) is 18.2 Å². The largest absolute Gasteiger partial charge is 0.480 e. The molecule has 1 aromatic carbocycles. The number of hydrogen-bond acceptors (Lipinski definition) is 5. The Kier molecular flexibility index (Phi) is 5.50. The zero-order valence-electron chi connectivity index (χ0n) is 13.7. The molecule has 0 aromatic heterocycles. The van der Waals surface area contributed by atoms with Crippen LogP contribution in [0.5, 0.6) is 0 Å². The second-order valence-corrected chi connectivity index (χ2v) is 6.01. The van der Waals surface area contributed by atoms with Gasteiger partial charge in [0.1, 0.15) is 0 Å². The van der Waals surface area contributed by atoms with Crippen LogP contribution in [0.4, 0.5) is 5.69 Å². The number of amides is 1. The summed E-state index contributed by atoms with van der Waals surface area (Å²) >= 11 is 0. The molecule has 0 spiro atoms. The van der Waals surface area contributed by atoms with Crippen molar-refractivity contribution in [2.45, 2.75) is 38.8 Å². The lowest BCUT2D eigenvalue weighted by Crippen LogP contribution is -2.54. The summed E-state index contributed by atoms with van der Waals surface area (Å²) in [4.78, 5) is 35.2. The van der Waals surface area contributed by atoms with Crippen molar-refractivity contribution in [3.63, 3.8) is 0 Å². The van der Waals surface area contributed by atoms with Gasteiger partial charge in [0.2, 0.25) is 0 Å². The molecule has 0 atom stereocenters. The number of rotatable bonds is 7. The van der Waals surface area contributed by atoms with Crippen LogP contribution in [-0.2, 0) is 4.79 Å². The molecular weight excluding hydrogens is 314 g/mol. The zero-order valence-corrected chi connectivity index (χ0v) is 13.7. The van der Waals surface area contributed by atoms with Crippen LogP contribution >= 0.6 is 0 Å². The molecule has 1 aliphatic carbocycles. The second-order valence-electron chi connectivity index (χ2n) is 6.01. The highest BCUT2D eigenvalue weighted by Crippen LogP contribution is 2.26. The summed E-state index contributed by atoms with van der Waals surface area (Å²) in [6.07, 6.45) is 1.41. The average Bonchev–Trinajstić information content (AvgIpc) is 2.47. The summed E-state index contributed by atoms with van der Waals surface area (Å²) in [5.41, 5.74) is 0.819. The molecule has 8 nitrogen and oxygen atoms in total. The Hall–Kier alpha value is -2.48. The number of benzene rings is 1. The lowest BCUT2D eigenvalue weighted by molar-refractivity contribution is -0.385. The first-order valence-electron chi connectivity index (χ1n) is 7.83. The summed E-state index contributed by atoms with van der Waals surface area (Å²) in [6.45, 7) is 4.16. The molecule has 0 heterocycles. The SMILES string of the molecule is CCN(CC(=O)O)C1CC(NC(=O)c2ccc([N+](=O)[O-])c(C)c2)C1. The highest BCUT2D eigenvalue weighted by atomic mass is 16.6. The van der Waals surface area contributed by atoms with Crippen molar-refractivity contribution in [2.24, 2.45) is 0 Å². The van der Waals surface area contributed by atoms with Crippen LogP contribution in [0.1, 0.15) is 35.7 Å². The van der Waals surface area contributed by atoms with E-state index >= 15 is 0 Å². The van der Waals surface area contributed by atoms with Crippen molar-refractivity contribution < 1.29 is 19.6 Å². The fraction of sp³-hybridized carbons (Fsp3) is 0.500. The van der Waals surface area contributed by atoms with Crippen LogP contribution in [0.2, 0.25) is 0 Å². The van der Waals surface area contributed by atoms with E-state index in [0.29, 0.717) is 30.5 Å². The van der Waals surface area contributed by atoms with Crippen LogP contribution in [0.25, 0.3) is 0 Å². The third kappa shape index (κ3) is 4.08. The highest BCUT2D eigenvalue weighted by molar-refractivity contribution is 5.95. The average molecular weight is 335 g/mol. The second kappa shape index (κ2) is 7.39. The number of carbonyl (C=O) groups is 2. The van der Waals surface area contributed by atoms with Gasteiger partial charge in [-0.15, -0.1) is 0 Å². The monoisotopic (exact) mass is 335 g/mol. The number of aryl methyl sites for hydroxylation is 1. The molecule has 0 unspecified atom stereocenters. The predicted octanol–water partition coefficient (Wildman–Crippen LogP) is 1.57. The smallest absolute Gasteiger partial charge is 0.317 e. The molecule has 1 aliphatic rings. The number of nitro groups is 1. The number of nitrogens with one attached hydrogen (secondary N) is 1. The molecule has 0 saturated heterocycles. The molecule has 1 fully saturated rings. The van der Waals surface area contributed by atoms with E-state index in [2.05, 4.69) is 5.32 Å². The molecule has 0 aliphatic heterocycles. The van der Waals surface area contributed by atoms with E-state index < -0.39 is 10.9 Å². The number of carboxylic acids is 1. The maximum Gasteiger partial charge on any atom is 0.317 e. The van der Waals surface area contributed by atoms with Crippen molar-refractivity contribution >= 4 is 17.6 Å². The molecule has 2 N–H and O–H groups in total. The molecular formula is C16H21N3O5. The van der Waals surface area contributed by atoms with Crippen LogP contribution in [0.3, 0.4) is 0 Å². The molecule has 2 rings (SSSR count). The fourth-order valence-electron chi connectivity index (χ4n) is 2.95. The van der Waals surface area contributed by atoms with E-state index in [0.717, 1.165) is 0 Å². The van der Waals surface area contributed by atoms with Gasteiger partial charge in [-0.2, -0.15) is 0 Å². The molecule has 0 bridgehead atoms. The fourth-order valence-corrected chi connectivity index (χ4v) is 2.95. The third-order valence-corrected chi connectivity index (χ3v) is 4.37. The Morgan fingerprint density at radius 3 is 2.58 bits per heavy atom. The maximum atomic E-state index is 12.2. The van der Waals surface area contributed by atoms with E-state index in [4.69, 9.17) is 5.11 Å². The van der Waals surface area contributed by atoms with Crippen LogP contribution in [-0.4, -0.2) is 52.0 Å². The minimum Gasteiger partial charge on any atom is -0.480 e. The number of likely N-dealkylation sites (N-methyl/N-ethyl adjacent to an activating group) is 1. The third-order valence-electron chi connectivity index (χ3n) is 4.37. The predicted molar refractivity (Wildman–Crippen MR) is 87.0 cm³/mol. The minimum atomic E-state index is -0.856. The van der Waals surface area contributed by atoms with Gasteiger partial charge in [-0.3, -0.25) is 24.6 Å². The molecule has 1 saturated carbocycles. The maximum absolute atomic E-state index is 12.2. The van der Waals surface area contributed by atoms with E-state index in [-0.39, 0.29) is 30.2 Å². The van der Waals surface area contributed by atoms with Crippen molar-refractivity contribution in [1.29, 1.82) is 0 Å². The Morgan fingerprint density at radius 2 is 2.08 bits per heavy atom. The van der Waals surface area contributed by atoms with Crippen LogP contribution < -0.4 is 5.32 Å². The first-order valence-corrected chi connectivity index (χ1v) is 7.83. The first-order chi connectivity index (χ1) is 11.3. The Bertz CT molecular complexity index is 655.